The van der Waals surface area contributed by atoms with Crippen molar-refractivity contribution in [1.29, 1.82) is 0 Å². The van der Waals surface area contributed by atoms with E-state index in [1.165, 1.54) is 6.07 Å². The summed E-state index contributed by atoms with van der Waals surface area (Å²) in [5.74, 6) is 5.06. The Balaban J connectivity index is 3.01. The van der Waals surface area contributed by atoms with Crippen molar-refractivity contribution in [3.63, 3.8) is 0 Å². The molecule has 2 N–H and O–H groups in total. The summed E-state index contributed by atoms with van der Waals surface area (Å²) >= 11 is 0. The molecule has 0 aliphatic carbocycles. The van der Waals surface area contributed by atoms with E-state index >= 15 is 0 Å². The van der Waals surface area contributed by atoms with Gasteiger partial charge < -0.3 is 5.73 Å². The van der Waals surface area contributed by atoms with Crippen molar-refractivity contribution >= 4 is 0 Å². The average molecular weight is 164 g/mol. The maximum Gasteiger partial charge on any atom is 0.141 e. The van der Waals surface area contributed by atoms with Gasteiger partial charge in [-0.15, -0.1) is 0 Å². The molecule has 1 rings (SSSR count). The van der Waals surface area contributed by atoms with Crippen molar-refractivity contribution in [2.45, 2.75) is 6.92 Å². The van der Waals surface area contributed by atoms with E-state index in [9.17, 15) is 4.39 Å². The highest BCUT2D eigenvalue weighted by atomic mass is 19.1. The lowest BCUT2D eigenvalue weighted by Gasteiger charge is -1.95. The summed E-state index contributed by atoms with van der Waals surface area (Å²) in [7, 11) is 0. The molecule has 62 valence electrons. The van der Waals surface area contributed by atoms with Gasteiger partial charge in [0.05, 0.1) is 12.7 Å². The summed E-state index contributed by atoms with van der Waals surface area (Å²) < 4.78 is 12.5. The minimum Gasteiger partial charge on any atom is -0.320 e. The highest BCUT2D eigenvalue weighted by Gasteiger charge is 1.96. The molecule has 0 unspecified atom stereocenters. The zero-order chi connectivity index (χ0) is 8.97. The second kappa shape index (κ2) is 3.84. The van der Waals surface area contributed by atoms with Crippen LogP contribution in [0.5, 0.6) is 0 Å². The molecule has 12 heavy (non-hydrogen) atoms. The van der Waals surface area contributed by atoms with Gasteiger partial charge in [-0.2, -0.15) is 0 Å². The summed E-state index contributed by atoms with van der Waals surface area (Å²) in [5.41, 5.74) is 6.50. The molecule has 0 aliphatic rings. The Kier molecular flexibility index (Phi) is 2.78. The van der Waals surface area contributed by atoms with Gasteiger partial charge >= 0.3 is 0 Å². The molecule has 0 amide bonds. The van der Waals surface area contributed by atoms with E-state index in [1.54, 1.807) is 6.92 Å². The number of pyridine rings is 1. The van der Waals surface area contributed by atoms with Gasteiger partial charge in [-0.05, 0) is 24.5 Å². The van der Waals surface area contributed by atoms with E-state index in [-0.39, 0.29) is 5.82 Å². The Morgan fingerprint density at radius 3 is 3.00 bits per heavy atom. The molecule has 0 saturated carbocycles. The van der Waals surface area contributed by atoms with Gasteiger partial charge in [-0.3, -0.25) is 0 Å². The van der Waals surface area contributed by atoms with E-state index in [2.05, 4.69) is 16.8 Å². The lowest BCUT2D eigenvalue weighted by atomic mass is 10.2. The van der Waals surface area contributed by atoms with Crippen molar-refractivity contribution in [3.8, 4) is 11.8 Å². The van der Waals surface area contributed by atoms with Crippen LogP contribution in [-0.4, -0.2) is 11.5 Å². The third kappa shape index (κ3) is 2.04. The molecule has 1 aromatic rings. The maximum atomic E-state index is 12.5. The van der Waals surface area contributed by atoms with E-state index in [0.29, 0.717) is 12.2 Å². The van der Waals surface area contributed by atoms with Crippen LogP contribution in [0.1, 0.15) is 11.3 Å². The number of hydrogen-bond acceptors (Lipinski definition) is 2. The molecule has 0 saturated heterocycles. The Morgan fingerprint density at radius 2 is 2.42 bits per heavy atom. The number of halogens is 1. The molecule has 0 aromatic carbocycles. The fourth-order valence-corrected chi connectivity index (χ4v) is 0.806. The highest BCUT2D eigenvalue weighted by Crippen LogP contribution is 2.04. The van der Waals surface area contributed by atoms with Crippen LogP contribution >= 0.6 is 0 Å². The van der Waals surface area contributed by atoms with Crippen molar-refractivity contribution in [2.24, 2.45) is 5.73 Å². The van der Waals surface area contributed by atoms with Crippen LogP contribution in [0, 0.1) is 24.6 Å². The minimum absolute atomic E-state index is 0.290. The minimum atomic E-state index is -0.342. The lowest BCUT2D eigenvalue weighted by molar-refractivity contribution is 0.619. The van der Waals surface area contributed by atoms with Gasteiger partial charge in [-0.1, -0.05) is 5.92 Å². The molecular weight excluding hydrogens is 155 g/mol. The van der Waals surface area contributed by atoms with Gasteiger partial charge in [0.1, 0.15) is 11.5 Å². The van der Waals surface area contributed by atoms with Crippen LogP contribution in [0.15, 0.2) is 12.3 Å². The number of nitrogens with two attached hydrogens (primary N) is 1. The number of nitrogens with zero attached hydrogens (tertiary/aromatic N) is 1. The first-order chi connectivity index (χ1) is 5.74. The molecule has 0 spiro atoms. The lowest BCUT2D eigenvalue weighted by Crippen LogP contribution is -1.95. The zero-order valence-electron chi connectivity index (χ0n) is 6.76. The third-order valence-electron chi connectivity index (χ3n) is 1.35. The van der Waals surface area contributed by atoms with Crippen molar-refractivity contribution in [2.75, 3.05) is 6.54 Å². The van der Waals surface area contributed by atoms with Gasteiger partial charge in [0.15, 0.2) is 0 Å². The number of hydrogen-bond donors (Lipinski definition) is 1. The maximum absolute atomic E-state index is 12.5. The third-order valence-corrected chi connectivity index (χ3v) is 1.35. The van der Waals surface area contributed by atoms with Gasteiger partial charge in [0.2, 0.25) is 0 Å². The summed E-state index contributed by atoms with van der Waals surface area (Å²) in [6.07, 6.45) is 1.15. The van der Waals surface area contributed by atoms with Crippen LogP contribution < -0.4 is 5.73 Å². The normalized spacial score (nSPS) is 8.92. The second-order valence-electron chi connectivity index (χ2n) is 2.32. The molecular formula is C9H9FN2. The van der Waals surface area contributed by atoms with Crippen molar-refractivity contribution in [1.82, 2.24) is 4.98 Å². The number of aromatic nitrogens is 1. The zero-order valence-corrected chi connectivity index (χ0v) is 6.76. The summed E-state index contributed by atoms with van der Waals surface area (Å²) in [6, 6.07) is 1.40. The quantitative estimate of drug-likeness (QED) is 0.577. The van der Waals surface area contributed by atoms with Crippen molar-refractivity contribution < 1.29 is 4.39 Å². The Bertz CT molecular complexity index is 336. The van der Waals surface area contributed by atoms with Crippen LogP contribution in [0.25, 0.3) is 0 Å². The number of rotatable bonds is 0. The number of aryl methyl sites for hydroxylation is 1. The van der Waals surface area contributed by atoms with Gasteiger partial charge in [-0.25, -0.2) is 9.37 Å². The first-order valence-electron chi connectivity index (χ1n) is 3.55. The average Bonchev–Trinajstić information content (AvgIpc) is 2.03. The monoisotopic (exact) mass is 164 g/mol. The molecule has 0 aliphatic heterocycles. The summed E-state index contributed by atoms with van der Waals surface area (Å²) in [5, 5.41) is 0. The Labute approximate surface area is 70.6 Å². The largest absolute Gasteiger partial charge is 0.320 e. The van der Waals surface area contributed by atoms with E-state index < -0.39 is 0 Å². The van der Waals surface area contributed by atoms with E-state index in [1.807, 2.05) is 0 Å². The molecule has 1 aromatic heterocycles. The van der Waals surface area contributed by atoms with E-state index in [4.69, 9.17) is 5.73 Å². The SMILES string of the molecule is Cc1cc(F)cnc1C#CCN. The molecule has 2 nitrogen and oxygen atoms in total. The fourth-order valence-electron chi connectivity index (χ4n) is 0.806. The van der Waals surface area contributed by atoms with Crippen LogP contribution in [0.2, 0.25) is 0 Å². The first kappa shape index (κ1) is 8.69. The molecule has 1 heterocycles. The molecule has 0 atom stereocenters. The van der Waals surface area contributed by atoms with Crippen molar-refractivity contribution in [3.05, 3.63) is 29.3 Å². The van der Waals surface area contributed by atoms with Crippen LogP contribution in [-0.2, 0) is 0 Å². The van der Waals surface area contributed by atoms with Gasteiger partial charge in [0.25, 0.3) is 0 Å². The summed E-state index contributed by atoms with van der Waals surface area (Å²) in [4.78, 5) is 3.81. The first-order valence-corrected chi connectivity index (χ1v) is 3.55. The second-order valence-corrected chi connectivity index (χ2v) is 2.32. The molecule has 0 fully saturated rings. The predicted octanol–water partition coefficient (Wildman–Crippen LogP) is 0.839. The van der Waals surface area contributed by atoms with E-state index in [0.717, 1.165) is 11.8 Å². The predicted molar refractivity (Wildman–Crippen MR) is 44.9 cm³/mol. The molecule has 0 radical (unpaired) electrons. The topological polar surface area (TPSA) is 38.9 Å². The summed E-state index contributed by atoms with van der Waals surface area (Å²) in [6.45, 7) is 2.05. The van der Waals surface area contributed by atoms with Crippen LogP contribution in [0.3, 0.4) is 0 Å². The van der Waals surface area contributed by atoms with Crippen LogP contribution in [0.4, 0.5) is 4.39 Å². The highest BCUT2D eigenvalue weighted by molar-refractivity contribution is 5.34. The molecule has 3 heteroatoms. The smallest absolute Gasteiger partial charge is 0.141 e. The Morgan fingerprint density at radius 1 is 1.67 bits per heavy atom. The molecule has 0 bridgehead atoms. The Hall–Kier alpha value is -1.40. The fraction of sp³-hybridized carbons (Fsp3) is 0.222. The standard InChI is InChI=1S/C9H9FN2/c1-7-5-8(10)6-12-9(7)3-2-4-11/h5-6H,4,11H2,1H3. The van der Waals surface area contributed by atoms with Gasteiger partial charge in [0, 0.05) is 0 Å².